The van der Waals surface area contributed by atoms with Crippen LogP contribution in [0, 0.1) is 0 Å². The van der Waals surface area contributed by atoms with Gasteiger partial charge in [0, 0.05) is 30.7 Å². The van der Waals surface area contributed by atoms with Crippen LogP contribution in [0.25, 0.3) is 0 Å². The van der Waals surface area contributed by atoms with E-state index >= 15 is 0 Å². The van der Waals surface area contributed by atoms with Crippen molar-refractivity contribution in [2.45, 2.75) is 50.0 Å². The lowest BCUT2D eigenvalue weighted by Crippen LogP contribution is -2.43. The van der Waals surface area contributed by atoms with Gasteiger partial charge in [0.2, 0.25) is 0 Å². The van der Waals surface area contributed by atoms with Crippen LogP contribution in [0.15, 0.2) is 36.7 Å². The first kappa shape index (κ1) is 20.8. The van der Waals surface area contributed by atoms with Crippen molar-refractivity contribution in [3.63, 3.8) is 0 Å². The number of nitrogens with zero attached hydrogens (tertiary/aromatic N) is 4. The number of rotatable bonds is 5. The first-order valence-electron chi connectivity index (χ1n) is 12.0. The molecule has 5 heterocycles. The summed E-state index contributed by atoms with van der Waals surface area (Å²) in [5.41, 5.74) is 1.70. The van der Waals surface area contributed by atoms with Crippen molar-refractivity contribution in [2.75, 3.05) is 48.4 Å². The van der Waals surface area contributed by atoms with Gasteiger partial charge < -0.3 is 25.6 Å². The zero-order valence-corrected chi connectivity index (χ0v) is 18.8. The molecule has 9 heteroatoms. The predicted octanol–water partition coefficient (Wildman–Crippen LogP) is 2.25. The van der Waals surface area contributed by atoms with Gasteiger partial charge >= 0.3 is 0 Å². The minimum atomic E-state index is -0.186. The number of likely N-dealkylation sites (tertiary alicyclic amines) is 1. The van der Waals surface area contributed by atoms with Crippen LogP contribution < -0.4 is 20.9 Å². The lowest BCUT2D eigenvalue weighted by molar-refractivity contribution is 0.0255. The highest BCUT2D eigenvalue weighted by molar-refractivity contribution is 6.06. The van der Waals surface area contributed by atoms with Gasteiger partial charge in [-0.1, -0.05) is 18.2 Å². The molecular formula is C24H31N7O2. The lowest BCUT2D eigenvalue weighted by Gasteiger charge is -2.27. The Labute approximate surface area is 193 Å². The molecule has 33 heavy (non-hydrogen) atoms. The molecule has 3 fully saturated rings. The van der Waals surface area contributed by atoms with E-state index in [9.17, 15) is 4.79 Å². The Morgan fingerprint density at radius 3 is 2.97 bits per heavy atom. The Hall–Kier alpha value is -2.75. The van der Waals surface area contributed by atoms with Crippen LogP contribution in [0.1, 0.15) is 42.5 Å². The van der Waals surface area contributed by atoms with Gasteiger partial charge in [0.25, 0.3) is 5.91 Å². The van der Waals surface area contributed by atoms with Crippen LogP contribution in [0.4, 0.5) is 17.3 Å². The topological polar surface area (TPSA) is 94.6 Å². The molecule has 0 bridgehead atoms. The fourth-order valence-electron chi connectivity index (χ4n) is 5.77. The molecule has 1 amide bonds. The second-order valence-corrected chi connectivity index (χ2v) is 9.63. The number of benzene rings is 1. The first-order valence-corrected chi connectivity index (χ1v) is 12.0. The molecule has 3 saturated heterocycles. The maximum absolute atomic E-state index is 12.6. The van der Waals surface area contributed by atoms with Crippen LogP contribution in [0.5, 0.6) is 0 Å². The third kappa shape index (κ3) is 4.05. The smallest absolute Gasteiger partial charge is 0.256 e. The summed E-state index contributed by atoms with van der Waals surface area (Å²) >= 11 is 0. The molecule has 0 saturated carbocycles. The Balaban J connectivity index is 1.09. The molecule has 0 radical (unpaired) electrons. The number of amides is 1. The fraction of sp³-hybridized carbons (Fsp3) is 0.542. The number of hydrogen-bond acceptors (Lipinski definition) is 8. The first-order chi connectivity index (χ1) is 16.2. The molecule has 1 spiro atoms. The van der Waals surface area contributed by atoms with Crippen molar-refractivity contribution in [1.82, 2.24) is 20.2 Å². The van der Waals surface area contributed by atoms with Gasteiger partial charge in [0.1, 0.15) is 18.2 Å². The summed E-state index contributed by atoms with van der Waals surface area (Å²) in [7, 11) is 0. The Bertz CT molecular complexity index is 1010. The SMILES string of the molecule is O=C(Nc1ncnc2c1NCN2C1CCC(CN2CCC3(CCCN3)C2)O1)c1ccccc1. The van der Waals surface area contributed by atoms with Crippen LogP contribution in [-0.4, -0.2) is 71.5 Å². The molecule has 2 aromatic rings. The van der Waals surface area contributed by atoms with Gasteiger partial charge in [-0.25, -0.2) is 9.97 Å². The van der Waals surface area contributed by atoms with E-state index in [1.54, 1.807) is 12.1 Å². The standard InChI is InChI=1S/C24H31N7O2/c32-23(17-5-2-1-3-6-17)29-21-20-22(26-15-25-21)31(16-27-20)19-8-7-18(33-19)13-30-12-10-24(14-30)9-4-11-28-24/h1-3,5-6,15,18-19,27-28H,4,7-14,16H2,(H,25,26,29,32). The van der Waals surface area contributed by atoms with Crippen molar-refractivity contribution in [3.8, 4) is 0 Å². The number of hydrogen-bond donors (Lipinski definition) is 3. The van der Waals surface area contributed by atoms with E-state index in [-0.39, 0.29) is 18.2 Å². The molecule has 1 aromatic carbocycles. The van der Waals surface area contributed by atoms with E-state index in [0.717, 1.165) is 50.5 Å². The average Bonchev–Trinajstić information content (AvgIpc) is 3.63. The van der Waals surface area contributed by atoms with E-state index in [1.165, 1.54) is 25.6 Å². The van der Waals surface area contributed by atoms with E-state index in [0.29, 0.717) is 23.6 Å². The number of ether oxygens (including phenoxy) is 1. The van der Waals surface area contributed by atoms with Gasteiger partial charge in [-0.15, -0.1) is 0 Å². The van der Waals surface area contributed by atoms with E-state index in [1.807, 2.05) is 18.2 Å². The predicted molar refractivity (Wildman–Crippen MR) is 126 cm³/mol. The third-order valence-corrected chi connectivity index (χ3v) is 7.45. The molecule has 3 atom stereocenters. The molecule has 3 N–H and O–H groups in total. The summed E-state index contributed by atoms with van der Waals surface area (Å²) in [5.74, 6) is 1.10. The van der Waals surface area contributed by atoms with Crippen molar-refractivity contribution >= 4 is 23.2 Å². The fourth-order valence-corrected chi connectivity index (χ4v) is 5.77. The number of carbonyl (C=O) groups excluding carboxylic acids is 1. The largest absolute Gasteiger partial charge is 0.362 e. The molecule has 3 unspecified atom stereocenters. The molecule has 1 aromatic heterocycles. The van der Waals surface area contributed by atoms with Crippen LogP contribution >= 0.6 is 0 Å². The van der Waals surface area contributed by atoms with E-state index < -0.39 is 0 Å². The highest BCUT2D eigenvalue weighted by atomic mass is 16.5. The van der Waals surface area contributed by atoms with Gasteiger partial charge in [-0.05, 0) is 50.8 Å². The zero-order valence-electron chi connectivity index (χ0n) is 18.8. The Morgan fingerprint density at radius 2 is 2.12 bits per heavy atom. The minimum Gasteiger partial charge on any atom is -0.362 e. The highest BCUT2D eigenvalue weighted by Gasteiger charge is 2.42. The van der Waals surface area contributed by atoms with Crippen LogP contribution in [0.2, 0.25) is 0 Å². The summed E-state index contributed by atoms with van der Waals surface area (Å²) in [4.78, 5) is 26.1. The molecule has 174 valence electrons. The number of carbonyl (C=O) groups is 1. The third-order valence-electron chi connectivity index (χ3n) is 7.45. The second-order valence-electron chi connectivity index (χ2n) is 9.63. The molecule has 4 aliphatic heterocycles. The number of nitrogens with one attached hydrogen (secondary N) is 3. The highest BCUT2D eigenvalue weighted by Crippen LogP contribution is 2.39. The Kier molecular flexibility index (Phi) is 5.40. The van der Waals surface area contributed by atoms with Crippen molar-refractivity contribution < 1.29 is 9.53 Å². The molecule has 4 aliphatic rings. The van der Waals surface area contributed by atoms with Gasteiger partial charge in [-0.2, -0.15) is 0 Å². The van der Waals surface area contributed by atoms with Gasteiger partial charge in [0.05, 0.1) is 12.8 Å². The van der Waals surface area contributed by atoms with Crippen LogP contribution in [0.3, 0.4) is 0 Å². The maximum Gasteiger partial charge on any atom is 0.256 e. The van der Waals surface area contributed by atoms with Crippen molar-refractivity contribution in [3.05, 3.63) is 42.2 Å². The van der Waals surface area contributed by atoms with Crippen molar-refractivity contribution in [2.24, 2.45) is 0 Å². The second kappa shape index (κ2) is 8.55. The summed E-state index contributed by atoms with van der Waals surface area (Å²) in [6.07, 6.45) is 7.61. The molecular weight excluding hydrogens is 418 g/mol. The normalized spacial score (nSPS) is 28.9. The van der Waals surface area contributed by atoms with Gasteiger partial charge in [0.15, 0.2) is 11.6 Å². The number of anilines is 3. The maximum atomic E-state index is 12.6. The summed E-state index contributed by atoms with van der Waals surface area (Å²) in [5, 5.41) is 10.0. The zero-order chi connectivity index (χ0) is 22.3. The average molecular weight is 450 g/mol. The summed E-state index contributed by atoms with van der Waals surface area (Å²) in [6.45, 7) is 5.05. The van der Waals surface area contributed by atoms with Crippen molar-refractivity contribution in [1.29, 1.82) is 0 Å². The summed E-state index contributed by atoms with van der Waals surface area (Å²) < 4.78 is 6.48. The summed E-state index contributed by atoms with van der Waals surface area (Å²) in [6, 6.07) is 9.15. The monoisotopic (exact) mass is 449 g/mol. The number of fused-ring (bicyclic) bond motifs is 1. The van der Waals surface area contributed by atoms with Gasteiger partial charge in [-0.3, -0.25) is 9.69 Å². The number of aromatic nitrogens is 2. The lowest BCUT2D eigenvalue weighted by atomic mass is 9.97. The van der Waals surface area contributed by atoms with E-state index in [4.69, 9.17) is 4.74 Å². The molecule has 0 aliphatic carbocycles. The molecule has 6 rings (SSSR count). The Morgan fingerprint density at radius 1 is 1.21 bits per heavy atom. The minimum absolute atomic E-state index is 0.0162. The van der Waals surface area contributed by atoms with E-state index in [2.05, 4.69) is 35.7 Å². The molecule has 9 nitrogen and oxygen atoms in total. The quantitative estimate of drug-likeness (QED) is 0.640. The van der Waals surface area contributed by atoms with Crippen LogP contribution in [-0.2, 0) is 4.74 Å².